The fourth-order valence-corrected chi connectivity index (χ4v) is 3.73. The van der Waals surface area contributed by atoms with E-state index < -0.39 is 15.9 Å². The summed E-state index contributed by atoms with van der Waals surface area (Å²) in [6.07, 6.45) is 1.62. The summed E-state index contributed by atoms with van der Waals surface area (Å²) in [7, 11) is -4.15. The van der Waals surface area contributed by atoms with Crippen molar-refractivity contribution in [3.63, 3.8) is 0 Å². The summed E-state index contributed by atoms with van der Waals surface area (Å²) in [4.78, 5) is 12.3. The summed E-state index contributed by atoms with van der Waals surface area (Å²) in [5.41, 5.74) is 2.22. The molecular weight excluding hydrogens is 395 g/mol. The first kappa shape index (κ1) is 18.9. The highest BCUT2D eigenvalue weighted by Gasteiger charge is 2.28. The van der Waals surface area contributed by atoms with Crippen molar-refractivity contribution in [1.29, 1.82) is 0 Å². The van der Waals surface area contributed by atoms with E-state index in [1.54, 1.807) is 6.08 Å². The molecule has 1 heterocycles. The minimum absolute atomic E-state index is 0.0162. The van der Waals surface area contributed by atoms with E-state index in [1.807, 2.05) is 31.2 Å². The van der Waals surface area contributed by atoms with E-state index in [4.69, 9.17) is 8.92 Å². The Morgan fingerprint density at radius 1 is 0.966 bits per heavy atom. The third kappa shape index (κ3) is 3.90. The van der Waals surface area contributed by atoms with Crippen molar-refractivity contribution < 1.29 is 26.5 Å². The van der Waals surface area contributed by atoms with Gasteiger partial charge in [0.05, 0.1) is 5.56 Å². The zero-order valence-electron chi connectivity index (χ0n) is 15.3. The van der Waals surface area contributed by atoms with Crippen molar-refractivity contribution in [3.05, 3.63) is 95.0 Å². The molecule has 0 unspecified atom stereocenters. The fourth-order valence-electron chi connectivity index (χ4n) is 2.81. The molecule has 1 aliphatic heterocycles. The van der Waals surface area contributed by atoms with Crippen LogP contribution in [0.1, 0.15) is 21.5 Å². The second-order valence-corrected chi connectivity index (χ2v) is 8.05. The first-order valence-corrected chi connectivity index (χ1v) is 10.1. The van der Waals surface area contributed by atoms with Crippen LogP contribution < -0.4 is 8.92 Å². The molecule has 0 aliphatic carbocycles. The van der Waals surface area contributed by atoms with Crippen LogP contribution in [0.25, 0.3) is 6.08 Å². The summed E-state index contributed by atoms with van der Waals surface area (Å²) in [5.74, 6) is -0.519. The molecular formula is C22H15FO5S. The van der Waals surface area contributed by atoms with Crippen LogP contribution >= 0.6 is 0 Å². The predicted molar refractivity (Wildman–Crippen MR) is 105 cm³/mol. The fraction of sp³-hybridized carbons (Fsp3) is 0.0455. The van der Waals surface area contributed by atoms with Crippen molar-refractivity contribution in [2.24, 2.45) is 0 Å². The van der Waals surface area contributed by atoms with Crippen molar-refractivity contribution in [3.8, 4) is 11.5 Å². The maximum Gasteiger partial charge on any atom is 0.339 e. The zero-order valence-corrected chi connectivity index (χ0v) is 16.1. The minimum atomic E-state index is -4.15. The third-order valence-electron chi connectivity index (χ3n) is 4.32. The van der Waals surface area contributed by atoms with Gasteiger partial charge >= 0.3 is 10.1 Å². The number of ether oxygens (including phenoxy) is 1. The van der Waals surface area contributed by atoms with Crippen molar-refractivity contribution >= 4 is 22.0 Å². The number of rotatable bonds is 4. The van der Waals surface area contributed by atoms with E-state index in [2.05, 4.69) is 0 Å². The lowest BCUT2D eigenvalue weighted by molar-refractivity contribution is 0.101. The maximum atomic E-state index is 13.0. The van der Waals surface area contributed by atoms with Gasteiger partial charge in [-0.15, -0.1) is 0 Å². The molecule has 0 saturated heterocycles. The number of benzene rings is 3. The highest BCUT2D eigenvalue weighted by atomic mass is 32.2. The van der Waals surface area contributed by atoms with Gasteiger partial charge in [0.1, 0.15) is 22.2 Å². The van der Waals surface area contributed by atoms with Gasteiger partial charge in [-0.1, -0.05) is 29.8 Å². The second kappa shape index (κ2) is 7.18. The number of fused-ring (bicyclic) bond motifs is 1. The summed E-state index contributed by atoms with van der Waals surface area (Å²) in [5, 5.41) is 0. The predicted octanol–water partition coefficient (Wildman–Crippen LogP) is 4.52. The topological polar surface area (TPSA) is 69.7 Å². The molecule has 0 bridgehead atoms. The van der Waals surface area contributed by atoms with E-state index in [0.29, 0.717) is 5.56 Å². The summed E-state index contributed by atoms with van der Waals surface area (Å²) < 4.78 is 48.4. The summed E-state index contributed by atoms with van der Waals surface area (Å²) in [6, 6.07) is 16.0. The van der Waals surface area contributed by atoms with Crippen LogP contribution in [-0.2, 0) is 10.1 Å². The molecule has 5 nitrogen and oxygen atoms in total. The van der Waals surface area contributed by atoms with Gasteiger partial charge in [0.2, 0.25) is 5.78 Å². The molecule has 0 saturated carbocycles. The Morgan fingerprint density at radius 2 is 1.66 bits per heavy atom. The quantitative estimate of drug-likeness (QED) is 0.467. The van der Waals surface area contributed by atoms with Gasteiger partial charge in [0.15, 0.2) is 5.76 Å². The van der Waals surface area contributed by atoms with Gasteiger partial charge in [0, 0.05) is 6.07 Å². The van der Waals surface area contributed by atoms with Gasteiger partial charge in [-0.3, -0.25) is 4.79 Å². The number of Topliss-reactive ketones (excluding diaryl/α,β-unsaturated/α-hetero) is 1. The van der Waals surface area contributed by atoms with E-state index >= 15 is 0 Å². The Kier molecular flexibility index (Phi) is 4.68. The molecule has 0 aromatic heterocycles. The standard InChI is InChI=1S/C22H15FO5S/c1-14-2-4-15(5-3-14)12-21-22(24)19-11-8-17(13-20(19)27-21)28-29(25,26)18-9-6-16(23)7-10-18/h2-13H,1H3. The first-order valence-electron chi connectivity index (χ1n) is 8.67. The van der Waals surface area contributed by atoms with E-state index in [-0.39, 0.29) is 27.9 Å². The van der Waals surface area contributed by atoms with Crippen molar-refractivity contribution in [1.82, 2.24) is 0 Å². The van der Waals surface area contributed by atoms with Crippen molar-refractivity contribution in [2.45, 2.75) is 11.8 Å². The van der Waals surface area contributed by atoms with Crippen molar-refractivity contribution in [2.75, 3.05) is 0 Å². The third-order valence-corrected chi connectivity index (χ3v) is 5.59. The van der Waals surface area contributed by atoms with Crippen LogP contribution in [0.2, 0.25) is 0 Å². The Bertz CT molecular complexity index is 1230. The van der Waals surface area contributed by atoms with Gasteiger partial charge in [-0.05, 0) is 55.0 Å². The van der Waals surface area contributed by atoms with E-state index in [1.165, 1.54) is 18.2 Å². The Labute approximate surface area is 167 Å². The van der Waals surface area contributed by atoms with Crippen LogP contribution in [0.5, 0.6) is 11.5 Å². The molecule has 0 N–H and O–H groups in total. The second-order valence-electron chi connectivity index (χ2n) is 6.50. The monoisotopic (exact) mass is 410 g/mol. The van der Waals surface area contributed by atoms with Crippen LogP contribution in [0.15, 0.2) is 77.4 Å². The average Bonchev–Trinajstić information content (AvgIpc) is 2.98. The maximum absolute atomic E-state index is 13.0. The molecule has 4 rings (SSSR count). The number of allylic oxidation sites excluding steroid dienone is 1. The molecule has 0 radical (unpaired) electrons. The molecule has 7 heteroatoms. The molecule has 0 atom stereocenters. The van der Waals surface area contributed by atoms with Crippen LogP contribution in [0.3, 0.4) is 0 Å². The molecule has 0 fully saturated rings. The summed E-state index contributed by atoms with van der Waals surface area (Å²) in [6.45, 7) is 1.96. The van der Waals surface area contributed by atoms with Gasteiger partial charge in [0.25, 0.3) is 0 Å². The lowest BCUT2D eigenvalue weighted by Crippen LogP contribution is -2.09. The Morgan fingerprint density at radius 3 is 2.34 bits per heavy atom. The van der Waals surface area contributed by atoms with Gasteiger partial charge < -0.3 is 8.92 Å². The Hall–Kier alpha value is -3.45. The van der Waals surface area contributed by atoms with Gasteiger partial charge in [-0.25, -0.2) is 4.39 Å². The highest BCUT2D eigenvalue weighted by Crippen LogP contribution is 2.35. The normalized spacial score (nSPS) is 14.6. The van der Waals surface area contributed by atoms with E-state index in [9.17, 15) is 17.6 Å². The molecule has 1 aliphatic rings. The number of aryl methyl sites for hydroxylation is 1. The zero-order chi connectivity index (χ0) is 20.6. The van der Waals surface area contributed by atoms with Crippen LogP contribution in [0, 0.1) is 12.7 Å². The molecule has 3 aromatic carbocycles. The largest absolute Gasteiger partial charge is 0.452 e. The Balaban J connectivity index is 1.59. The number of hydrogen-bond acceptors (Lipinski definition) is 5. The number of carbonyl (C=O) groups is 1. The highest BCUT2D eigenvalue weighted by molar-refractivity contribution is 7.87. The molecule has 3 aromatic rings. The van der Waals surface area contributed by atoms with Crippen LogP contribution in [0.4, 0.5) is 4.39 Å². The molecule has 0 amide bonds. The average molecular weight is 410 g/mol. The summed E-state index contributed by atoms with van der Waals surface area (Å²) >= 11 is 0. The number of ketones is 1. The first-order chi connectivity index (χ1) is 13.8. The lowest BCUT2D eigenvalue weighted by Gasteiger charge is -2.08. The molecule has 0 spiro atoms. The van der Waals surface area contributed by atoms with Crippen LogP contribution in [-0.4, -0.2) is 14.2 Å². The number of halogens is 1. The minimum Gasteiger partial charge on any atom is -0.452 e. The van der Waals surface area contributed by atoms with Gasteiger partial charge in [-0.2, -0.15) is 8.42 Å². The SMILES string of the molecule is Cc1ccc(C=C2Oc3cc(OS(=O)(=O)c4ccc(F)cc4)ccc3C2=O)cc1. The van der Waals surface area contributed by atoms with E-state index in [0.717, 1.165) is 35.4 Å². The molecule has 29 heavy (non-hydrogen) atoms. The number of hydrogen-bond donors (Lipinski definition) is 0. The smallest absolute Gasteiger partial charge is 0.339 e. The number of carbonyl (C=O) groups excluding carboxylic acids is 1. The molecule has 146 valence electrons. The lowest BCUT2D eigenvalue weighted by atomic mass is 10.1.